The molecule has 1 unspecified atom stereocenters. The van der Waals surface area contributed by atoms with Gasteiger partial charge in [-0.1, -0.05) is 48.5 Å². The summed E-state index contributed by atoms with van der Waals surface area (Å²) < 4.78 is 0. The molecule has 0 aliphatic carbocycles. The molecule has 1 amide bonds. The van der Waals surface area contributed by atoms with Gasteiger partial charge in [0.2, 0.25) is 0 Å². The van der Waals surface area contributed by atoms with Gasteiger partial charge in [-0.3, -0.25) is 14.6 Å². The zero-order chi connectivity index (χ0) is 26.5. The Bertz CT molecular complexity index is 1610. The molecule has 5 aromatic rings. The van der Waals surface area contributed by atoms with Crippen LogP contribution in [-0.2, 0) is 11.2 Å². The monoisotopic (exact) mass is 504 g/mol. The third-order valence-electron chi connectivity index (χ3n) is 6.59. The molecule has 2 N–H and O–H groups in total. The number of rotatable bonds is 9. The molecule has 3 aromatic carbocycles. The highest BCUT2D eigenvalue weighted by molar-refractivity contribution is 5.98. The lowest BCUT2D eigenvalue weighted by atomic mass is 10.0. The summed E-state index contributed by atoms with van der Waals surface area (Å²) in [7, 11) is 0. The molecule has 38 heavy (non-hydrogen) atoms. The fourth-order valence-electron chi connectivity index (χ4n) is 4.66. The number of aryl methyl sites for hydroxylation is 1. The summed E-state index contributed by atoms with van der Waals surface area (Å²) in [5.74, 6) is -1.00. The number of benzene rings is 3. The standard InChI is InChI=1S/C31H28N4O3/c1-20(23-11-7-14-25-24(23)12-8-18-32-25)33-31(38)22-16-17-26-28(19-22)34-27(13-5-6-15-29(36)37)30(35-26)21-9-3-2-4-10-21/h2-4,7-12,14,16-20H,5-6,13,15H2,1H3,(H,33,38)(H,36,37). The van der Waals surface area contributed by atoms with Crippen LogP contribution in [0.15, 0.2) is 85.1 Å². The first-order valence-electron chi connectivity index (χ1n) is 12.7. The Hall–Kier alpha value is -4.65. The number of carboxylic acid groups (broad SMARTS) is 1. The van der Waals surface area contributed by atoms with E-state index in [9.17, 15) is 9.59 Å². The van der Waals surface area contributed by atoms with Crippen LogP contribution in [0.4, 0.5) is 0 Å². The molecule has 2 heterocycles. The lowest BCUT2D eigenvalue weighted by Gasteiger charge is -2.17. The van der Waals surface area contributed by atoms with Gasteiger partial charge in [0.05, 0.1) is 34.0 Å². The van der Waals surface area contributed by atoms with Gasteiger partial charge in [0.15, 0.2) is 0 Å². The number of nitrogens with zero attached hydrogens (tertiary/aromatic N) is 3. The second-order valence-electron chi connectivity index (χ2n) is 9.30. The third-order valence-corrected chi connectivity index (χ3v) is 6.59. The van der Waals surface area contributed by atoms with E-state index in [0.717, 1.165) is 33.4 Å². The van der Waals surface area contributed by atoms with Crippen molar-refractivity contribution in [2.24, 2.45) is 0 Å². The summed E-state index contributed by atoms with van der Waals surface area (Å²) in [6.45, 7) is 1.96. The molecule has 7 nitrogen and oxygen atoms in total. The topological polar surface area (TPSA) is 105 Å². The van der Waals surface area contributed by atoms with Crippen LogP contribution in [0.25, 0.3) is 33.2 Å². The van der Waals surface area contributed by atoms with Crippen molar-refractivity contribution in [3.8, 4) is 11.3 Å². The van der Waals surface area contributed by atoms with Crippen LogP contribution in [0.3, 0.4) is 0 Å². The summed E-state index contributed by atoms with van der Waals surface area (Å²) >= 11 is 0. The van der Waals surface area contributed by atoms with Crippen LogP contribution < -0.4 is 5.32 Å². The number of carbonyl (C=O) groups is 2. The van der Waals surface area contributed by atoms with Crippen LogP contribution in [-0.4, -0.2) is 31.9 Å². The predicted octanol–water partition coefficient (Wildman–Crippen LogP) is 6.13. The quantitative estimate of drug-likeness (QED) is 0.234. The Morgan fingerprint density at radius 2 is 1.71 bits per heavy atom. The van der Waals surface area contributed by atoms with Gasteiger partial charge in [-0.2, -0.15) is 0 Å². The van der Waals surface area contributed by atoms with Crippen LogP contribution in [0.5, 0.6) is 0 Å². The minimum Gasteiger partial charge on any atom is -0.481 e. The lowest BCUT2D eigenvalue weighted by molar-refractivity contribution is -0.137. The Kier molecular flexibility index (Phi) is 7.35. The van der Waals surface area contributed by atoms with Gasteiger partial charge >= 0.3 is 5.97 Å². The fourth-order valence-corrected chi connectivity index (χ4v) is 4.66. The minimum absolute atomic E-state index is 0.122. The van der Waals surface area contributed by atoms with E-state index >= 15 is 0 Å². The second kappa shape index (κ2) is 11.2. The summed E-state index contributed by atoms with van der Waals surface area (Å²) in [4.78, 5) is 38.4. The van der Waals surface area contributed by atoms with E-state index in [2.05, 4.69) is 10.3 Å². The molecule has 0 bridgehead atoms. The molecule has 1 atom stereocenters. The summed E-state index contributed by atoms with van der Waals surface area (Å²) in [5.41, 5.74) is 6.25. The minimum atomic E-state index is -0.803. The number of carbonyl (C=O) groups excluding carboxylic acids is 1. The van der Waals surface area contributed by atoms with Crippen molar-refractivity contribution < 1.29 is 14.7 Å². The van der Waals surface area contributed by atoms with E-state index in [1.54, 1.807) is 18.3 Å². The largest absolute Gasteiger partial charge is 0.481 e. The van der Waals surface area contributed by atoms with E-state index in [-0.39, 0.29) is 18.4 Å². The van der Waals surface area contributed by atoms with Crippen LogP contribution in [0.2, 0.25) is 0 Å². The molecular weight excluding hydrogens is 476 g/mol. The number of hydrogen-bond acceptors (Lipinski definition) is 5. The number of aliphatic carboxylic acids is 1. The zero-order valence-electron chi connectivity index (χ0n) is 21.1. The van der Waals surface area contributed by atoms with Gasteiger partial charge in [-0.05, 0) is 62.1 Å². The first kappa shape index (κ1) is 25.0. The molecule has 0 saturated carbocycles. The van der Waals surface area contributed by atoms with Crippen molar-refractivity contribution in [3.05, 3.63) is 102 Å². The molecule has 5 rings (SSSR count). The third kappa shape index (κ3) is 5.52. The number of carboxylic acids is 1. The molecule has 0 spiro atoms. The molecule has 0 radical (unpaired) electrons. The zero-order valence-corrected chi connectivity index (χ0v) is 21.1. The van der Waals surface area contributed by atoms with Gasteiger partial charge in [0, 0.05) is 29.1 Å². The number of nitrogens with one attached hydrogen (secondary N) is 1. The fraction of sp³-hybridized carbons (Fsp3) is 0.194. The molecule has 0 saturated heterocycles. The summed E-state index contributed by atoms with van der Waals surface area (Å²) in [6, 6.07) is 24.8. The van der Waals surface area contributed by atoms with Crippen molar-refractivity contribution in [2.45, 2.75) is 38.6 Å². The number of fused-ring (bicyclic) bond motifs is 2. The van der Waals surface area contributed by atoms with Gasteiger partial charge in [0.25, 0.3) is 5.91 Å². The van der Waals surface area contributed by atoms with E-state index in [4.69, 9.17) is 15.1 Å². The maximum atomic E-state index is 13.2. The molecule has 7 heteroatoms. The SMILES string of the molecule is CC(NC(=O)c1ccc2nc(-c3ccccc3)c(CCCCC(=O)O)nc2c1)c1cccc2ncccc12. The molecule has 0 aliphatic rings. The molecule has 0 fully saturated rings. The maximum Gasteiger partial charge on any atom is 0.303 e. The smallest absolute Gasteiger partial charge is 0.303 e. The van der Waals surface area contributed by atoms with Crippen LogP contribution >= 0.6 is 0 Å². The normalized spacial score (nSPS) is 11.9. The average Bonchev–Trinajstić information content (AvgIpc) is 2.94. The van der Waals surface area contributed by atoms with Gasteiger partial charge in [-0.25, -0.2) is 9.97 Å². The first-order valence-corrected chi connectivity index (χ1v) is 12.7. The van der Waals surface area contributed by atoms with Crippen LogP contribution in [0.1, 0.15) is 53.8 Å². The Balaban J connectivity index is 1.43. The molecular formula is C31H28N4O3. The van der Waals surface area contributed by atoms with E-state index in [1.165, 1.54) is 0 Å². The molecule has 0 aliphatic heterocycles. The Labute approximate surface area is 220 Å². The summed E-state index contributed by atoms with van der Waals surface area (Å²) in [6.07, 6.45) is 3.73. The maximum absolute atomic E-state index is 13.2. The number of hydrogen-bond donors (Lipinski definition) is 2. The number of aromatic nitrogens is 3. The highest BCUT2D eigenvalue weighted by Crippen LogP contribution is 2.26. The molecule has 190 valence electrons. The van der Waals surface area contributed by atoms with Gasteiger partial charge in [0.1, 0.15) is 0 Å². The van der Waals surface area contributed by atoms with Crippen molar-refractivity contribution in [3.63, 3.8) is 0 Å². The predicted molar refractivity (Wildman–Crippen MR) is 148 cm³/mol. The van der Waals surface area contributed by atoms with Crippen molar-refractivity contribution >= 4 is 33.8 Å². The van der Waals surface area contributed by atoms with Crippen molar-refractivity contribution in [1.82, 2.24) is 20.3 Å². The first-order chi connectivity index (χ1) is 18.5. The average molecular weight is 505 g/mol. The second-order valence-corrected chi connectivity index (χ2v) is 9.30. The Morgan fingerprint density at radius 1 is 0.868 bits per heavy atom. The van der Waals surface area contributed by atoms with E-state index in [1.807, 2.05) is 73.7 Å². The number of pyridine rings is 1. The number of unbranched alkanes of at least 4 members (excludes halogenated alkanes) is 1. The van der Waals surface area contributed by atoms with Crippen molar-refractivity contribution in [2.75, 3.05) is 0 Å². The van der Waals surface area contributed by atoms with Gasteiger partial charge < -0.3 is 10.4 Å². The highest BCUT2D eigenvalue weighted by atomic mass is 16.4. The number of amides is 1. The van der Waals surface area contributed by atoms with E-state index < -0.39 is 5.97 Å². The molecule has 2 aromatic heterocycles. The Morgan fingerprint density at radius 3 is 2.53 bits per heavy atom. The van der Waals surface area contributed by atoms with Gasteiger partial charge in [-0.15, -0.1) is 0 Å². The summed E-state index contributed by atoms with van der Waals surface area (Å²) in [5, 5.41) is 13.1. The van der Waals surface area contributed by atoms with E-state index in [0.29, 0.717) is 35.9 Å². The lowest BCUT2D eigenvalue weighted by Crippen LogP contribution is -2.26. The highest BCUT2D eigenvalue weighted by Gasteiger charge is 2.16. The van der Waals surface area contributed by atoms with Crippen molar-refractivity contribution in [1.29, 1.82) is 0 Å². The van der Waals surface area contributed by atoms with Crippen LogP contribution in [0, 0.1) is 0 Å².